The number of amides is 1. The molecule has 0 radical (unpaired) electrons. The van der Waals surface area contributed by atoms with Crippen molar-refractivity contribution < 1.29 is 4.79 Å². The smallest absolute Gasteiger partial charge is 0.251 e. The second-order valence-electron chi connectivity index (χ2n) is 6.54. The molecule has 0 spiro atoms. The van der Waals surface area contributed by atoms with Gasteiger partial charge in [-0.3, -0.25) is 4.79 Å². The van der Waals surface area contributed by atoms with Gasteiger partial charge >= 0.3 is 0 Å². The number of aromatic nitrogens is 2. The third-order valence-corrected chi connectivity index (χ3v) is 4.20. The van der Waals surface area contributed by atoms with E-state index >= 15 is 0 Å². The van der Waals surface area contributed by atoms with Gasteiger partial charge in [-0.25, -0.2) is 9.97 Å². The quantitative estimate of drug-likeness (QED) is 0.594. The van der Waals surface area contributed by atoms with Gasteiger partial charge in [0.05, 0.1) is 5.52 Å². The number of benzene rings is 2. The molecule has 140 valence electrons. The predicted octanol–water partition coefficient (Wildman–Crippen LogP) is 2.12. The maximum Gasteiger partial charge on any atom is 0.251 e. The fourth-order valence-corrected chi connectivity index (χ4v) is 2.65. The third-order valence-electron chi connectivity index (χ3n) is 4.20. The van der Waals surface area contributed by atoms with E-state index in [1.807, 2.05) is 49.3 Å². The first kappa shape index (κ1) is 18.8. The second-order valence-corrected chi connectivity index (χ2v) is 6.54. The Balaban J connectivity index is 1.79. The predicted molar refractivity (Wildman–Crippen MR) is 108 cm³/mol. The molecular weight excluding hydrogens is 340 g/mol. The molecule has 0 aliphatic heterocycles. The Bertz CT molecular complexity index is 923. The first-order valence-corrected chi connectivity index (χ1v) is 8.80. The van der Waals surface area contributed by atoms with Gasteiger partial charge < -0.3 is 21.3 Å². The Morgan fingerprint density at radius 1 is 1.11 bits per heavy atom. The van der Waals surface area contributed by atoms with Crippen molar-refractivity contribution >= 4 is 28.3 Å². The van der Waals surface area contributed by atoms with Crippen LogP contribution in [0.15, 0.2) is 48.8 Å². The largest absolute Gasteiger partial charge is 0.351 e. The van der Waals surface area contributed by atoms with E-state index in [1.54, 1.807) is 12.1 Å². The van der Waals surface area contributed by atoms with Crippen molar-refractivity contribution in [3.8, 4) is 0 Å². The Kier molecular flexibility index (Phi) is 5.95. The number of nitrogens with zero attached hydrogens (tertiary/aromatic N) is 3. The fourth-order valence-electron chi connectivity index (χ4n) is 2.65. The summed E-state index contributed by atoms with van der Waals surface area (Å²) in [5, 5.41) is 7.06. The number of nitrogens with two attached hydrogens (primary N) is 1. The first-order chi connectivity index (χ1) is 13.1. The molecule has 0 aliphatic rings. The topological polar surface area (TPSA) is 96.2 Å². The van der Waals surface area contributed by atoms with Crippen LogP contribution in [0.25, 0.3) is 10.9 Å². The number of anilines is 2. The lowest BCUT2D eigenvalue weighted by Crippen LogP contribution is -2.31. The normalized spacial score (nSPS) is 11.0. The molecule has 1 amide bonds. The SMILES string of the molecule is CN(C)CCNC(=O)c1ccc2c(Nc3ccc(CN)cc3)ncnc2c1. The summed E-state index contributed by atoms with van der Waals surface area (Å²) in [6.07, 6.45) is 1.49. The summed E-state index contributed by atoms with van der Waals surface area (Å²) in [5.74, 6) is 0.587. The summed E-state index contributed by atoms with van der Waals surface area (Å²) in [4.78, 5) is 23.0. The molecule has 0 unspecified atom stereocenters. The number of nitrogens with one attached hydrogen (secondary N) is 2. The van der Waals surface area contributed by atoms with E-state index in [4.69, 9.17) is 5.73 Å². The van der Waals surface area contributed by atoms with Crippen LogP contribution in [0, 0.1) is 0 Å². The maximum atomic E-state index is 12.3. The van der Waals surface area contributed by atoms with E-state index in [2.05, 4.69) is 20.6 Å². The number of rotatable bonds is 7. The average molecular weight is 364 g/mol. The zero-order valence-electron chi connectivity index (χ0n) is 15.6. The van der Waals surface area contributed by atoms with Gasteiger partial charge in [-0.15, -0.1) is 0 Å². The third kappa shape index (κ3) is 4.78. The summed E-state index contributed by atoms with van der Waals surface area (Å²) >= 11 is 0. The van der Waals surface area contributed by atoms with Crippen molar-refractivity contribution in [1.29, 1.82) is 0 Å². The standard InChI is InChI=1S/C20H24N6O/c1-26(2)10-9-22-20(27)15-5-8-17-18(11-15)23-13-24-19(17)25-16-6-3-14(12-21)4-7-16/h3-8,11,13H,9-10,12,21H2,1-2H3,(H,22,27)(H,23,24,25). The Labute approximate surface area is 158 Å². The van der Waals surface area contributed by atoms with Crippen molar-refractivity contribution in [2.24, 2.45) is 5.73 Å². The minimum atomic E-state index is -0.107. The molecule has 3 aromatic rings. The van der Waals surface area contributed by atoms with Crippen LogP contribution in [0.2, 0.25) is 0 Å². The zero-order valence-corrected chi connectivity index (χ0v) is 15.6. The molecule has 0 saturated heterocycles. The molecule has 3 rings (SSSR count). The van der Waals surface area contributed by atoms with Crippen molar-refractivity contribution in [2.75, 3.05) is 32.5 Å². The molecule has 4 N–H and O–H groups in total. The molecule has 1 aromatic heterocycles. The summed E-state index contributed by atoms with van der Waals surface area (Å²) in [5.41, 5.74) is 8.91. The highest BCUT2D eigenvalue weighted by molar-refractivity contribution is 6.00. The van der Waals surface area contributed by atoms with Gasteiger partial charge in [0.1, 0.15) is 12.1 Å². The van der Waals surface area contributed by atoms with E-state index in [-0.39, 0.29) is 5.91 Å². The Hall–Kier alpha value is -3.03. The summed E-state index contributed by atoms with van der Waals surface area (Å²) in [6, 6.07) is 13.3. The minimum Gasteiger partial charge on any atom is -0.351 e. The number of carbonyl (C=O) groups excluding carboxylic acids is 1. The molecule has 0 bridgehead atoms. The van der Waals surface area contributed by atoms with Gasteiger partial charge in [-0.05, 0) is 50.0 Å². The van der Waals surface area contributed by atoms with Crippen LogP contribution in [0.5, 0.6) is 0 Å². The molecule has 0 aliphatic carbocycles. The van der Waals surface area contributed by atoms with Crippen LogP contribution in [-0.4, -0.2) is 48.0 Å². The van der Waals surface area contributed by atoms with Crippen molar-refractivity contribution in [2.45, 2.75) is 6.54 Å². The zero-order chi connectivity index (χ0) is 19.2. The molecule has 0 fully saturated rings. The Morgan fingerprint density at radius 2 is 1.89 bits per heavy atom. The lowest BCUT2D eigenvalue weighted by molar-refractivity contribution is 0.0951. The van der Waals surface area contributed by atoms with Gasteiger partial charge in [0.2, 0.25) is 0 Å². The number of hydrogen-bond donors (Lipinski definition) is 3. The van der Waals surface area contributed by atoms with E-state index in [1.165, 1.54) is 6.33 Å². The molecule has 0 saturated carbocycles. The monoisotopic (exact) mass is 364 g/mol. The minimum absolute atomic E-state index is 0.107. The van der Waals surface area contributed by atoms with Gasteiger partial charge in [0.15, 0.2) is 0 Å². The molecule has 27 heavy (non-hydrogen) atoms. The first-order valence-electron chi connectivity index (χ1n) is 8.80. The lowest BCUT2D eigenvalue weighted by atomic mass is 10.1. The van der Waals surface area contributed by atoms with Crippen molar-refractivity contribution in [3.05, 3.63) is 59.9 Å². The molecular formula is C20H24N6O. The number of likely N-dealkylation sites (N-methyl/N-ethyl adjacent to an activating group) is 1. The van der Waals surface area contributed by atoms with Crippen molar-refractivity contribution in [1.82, 2.24) is 20.2 Å². The highest BCUT2D eigenvalue weighted by Gasteiger charge is 2.10. The number of carbonyl (C=O) groups is 1. The highest BCUT2D eigenvalue weighted by Crippen LogP contribution is 2.24. The number of hydrogen-bond acceptors (Lipinski definition) is 6. The van der Waals surface area contributed by atoms with Crippen LogP contribution in [0.4, 0.5) is 11.5 Å². The summed E-state index contributed by atoms with van der Waals surface area (Å²) < 4.78 is 0. The van der Waals surface area contributed by atoms with Crippen molar-refractivity contribution in [3.63, 3.8) is 0 Å². The van der Waals surface area contributed by atoms with Gasteiger partial charge in [0, 0.05) is 36.3 Å². The molecule has 7 heteroatoms. The highest BCUT2D eigenvalue weighted by atomic mass is 16.1. The van der Waals surface area contributed by atoms with Crippen LogP contribution in [0.3, 0.4) is 0 Å². The molecule has 1 heterocycles. The van der Waals surface area contributed by atoms with Crippen LogP contribution in [0.1, 0.15) is 15.9 Å². The number of fused-ring (bicyclic) bond motifs is 1. The van der Waals surface area contributed by atoms with Gasteiger partial charge in [-0.1, -0.05) is 12.1 Å². The van der Waals surface area contributed by atoms with Gasteiger partial charge in [-0.2, -0.15) is 0 Å². The summed E-state index contributed by atoms with van der Waals surface area (Å²) in [6.45, 7) is 1.90. The molecule has 0 atom stereocenters. The molecule has 2 aromatic carbocycles. The van der Waals surface area contributed by atoms with E-state index in [0.29, 0.717) is 30.0 Å². The maximum absolute atomic E-state index is 12.3. The lowest BCUT2D eigenvalue weighted by Gasteiger charge is -2.11. The van der Waals surface area contributed by atoms with Crippen LogP contribution >= 0.6 is 0 Å². The fraction of sp³-hybridized carbons (Fsp3) is 0.250. The van der Waals surface area contributed by atoms with E-state index in [0.717, 1.165) is 23.2 Å². The second kappa shape index (κ2) is 8.57. The van der Waals surface area contributed by atoms with Gasteiger partial charge in [0.25, 0.3) is 5.91 Å². The van der Waals surface area contributed by atoms with E-state index < -0.39 is 0 Å². The van der Waals surface area contributed by atoms with Crippen LogP contribution < -0.4 is 16.4 Å². The summed E-state index contributed by atoms with van der Waals surface area (Å²) in [7, 11) is 3.94. The van der Waals surface area contributed by atoms with E-state index in [9.17, 15) is 4.79 Å². The molecule has 7 nitrogen and oxygen atoms in total. The van der Waals surface area contributed by atoms with Crippen LogP contribution in [-0.2, 0) is 6.54 Å². The average Bonchev–Trinajstić information content (AvgIpc) is 2.68. The Morgan fingerprint density at radius 3 is 2.59 bits per heavy atom.